The largest absolute Gasteiger partial charge is 0.382 e. The lowest BCUT2D eigenvalue weighted by molar-refractivity contribution is 0.0536. The molecule has 1 fully saturated rings. The maximum absolute atomic E-state index is 5.71. The molecule has 0 spiro atoms. The number of nitrogens with one attached hydrogen (secondary N) is 1. The molecule has 1 aromatic heterocycles. The summed E-state index contributed by atoms with van der Waals surface area (Å²) in [5.41, 5.74) is 0. The van der Waals surface area contributed by atoms with Crippen molar-refractivity contribution in [3.05, 3.63) is 11.6 Å². The van der Waals surface area contributed by atoms with Gasteiger partial charge in [-0.15, -0.1) is 34.2 Å². The Bertz CT molecular complexity index is 586. The fourth-order valence-electron chi connectivity index (χ4n) is 2.97. The molecule has 1 aromatic rings. The minimum atomic E-state index is 0. The van der Waals surface area contributed by atoms with Crippen LogP contribution in [0, 0.1) is 12.8 Å². The Morgan fingerprint density at radius 2 is 2.18 bits per heavy atom. The van der Waals surface area contributed by atoms with Crippen molar-refractivity contribution in [2.24, 2.45) is 18.0 Å². The van der Waals surface area contributed by atoms with E-state index in [0.29, 0.717) is 25.7 Å². The first-order valence-corrected chi connectivity index (χ1v) is 11.0. The Hall–Kier alpha value is -0.590. The lowest BCUT2D eigenvalue weighted by atomic mass is 10.1. The second kappa shape index (κ2) is 14.4. The van der Waals surface area contributed by atoms with Crippen LogP contribution in [0.5, 0.6) is 0 Å². The lowest BCUT2D eigenvalue weighted by Gasteiger charge is -2.22. The molecule has 28 heavy (non-hydrogen) atoms. The first-order valence-electron chi connectivity index (χ1n) is 9.59. The zero-order valence-corrected chi connectivity index (χ0v) is 20.7. The van der Waals surface area contributed by atoms with Gasteiger partial charge in [0.15, 0.2) is 11.8 Å². The molecule has 1 unspecified atom stereocenters. The summed E-state index contributed by atoms with van der Waals surface area (Å²) in [6.45, 7) is 7.49. The Balaban J connectivity index is 0.00000392. The van der Waals surface area contributed by atoms with E-state index in [1.165, 1.54) is 0 Å². The predicted octanol–water partition coefficient (Wildman–Crippen LogP) is 1.93. The molecule has 1 atom stereocenters. The zero-order chi connectivity index (χ0) is 19.5. The molecular weight excluding hydrogens is 491 g/mol. The molecule has 2 rings (SSSR count). The number of methoxy groups -OCH3 is 1. The highest BCUT2D eigenvalue weighted by Gasteiger charge is 2.25. The molecule has 1 saturated heterocycles. The number of hydrogen-bond donors (Lipinski definition) is 1. The number of hydrogen-bond acceptors (Lipinski definition) is 6. The highest BCUT2D eigenvalue weighted by Crippen LogP contribution is 2.17. The van der Waals surface area contributed by atoms with E-state index >= 15 is 0 Å². The van der Waals surface area contributed by atoms with Crippen LogP contribution >= 0.6 is 35.7 Å². The van der Waals surface area contributed by atoms with Gasteiger partial charge in [0.1, 0.15) is 12.4 Å². The number of aliphatic imine (C=N–C) groups is 1. The average Bonchev–Trinajstić information content (AvgIpc) is 3.26. The third-order valence-electron chi connectivity index (χ3n) is 4.73. The van der Waals surface area contributed by atoms with E-state index in [4.69, 9.17) is 14.5 Å². The summed E-state index contributed by atoms with van der Waals surface area (Å²) in [7, 11) is 3.68. The van der Waals surface area contributed by atoms with Gasteiger partial charge in [-0.05, 0) is 31.8 Å². The molecule has 1 aliphatic rings. The maximum Gasteiger partial charge on any atom is 0.194 e. The normalized spacial score (nSPS) is 17.1. The van der Waals surface area contributed by atoms with Crippen LogP contribution in [0.4, 0.5) is 0 Å². The number of ether oxygens (including phenoxy) is 2. The van der Waals surface area contributed by atoms with Gasteiger partial charge in [0.05, 0.1) is 19.8 Å². The van der Waals surface area contributed by atoms with Crippen molar-refractivity contribution in [2.75, 3.05) is 58.6 Å². The van der Waals surface area contributed by atoms with Gasteiger partial charge in [-0.1, -0.05) is 0 Å². The standard InChI is InChI=1S/C18H34N6O2S.HI/c1-15-21-22-17(23(15)2)12-20-18(19-7-5-11-27-4)24-8-6-16(13-24)14-26-10-9-25-3;/h16H,5-14H2,1-4H3,(H,19,20);1H. The molecule has 162 valence electrons. The fourth-order valence-corrected chi connectivity index (χ4v) is 3.41. The summed E-state index contributed by atoms with van der Waals surface area (Å²) in [6, 6.07) is 0. The Labute approximate surface area is 190 Å². The summed E-state index contributed by atoms with van der Waals surface area (Å²) in [5, 5.41) is 11.9. The summed E-state index contributed by atoms with van der Waals surface area (Å²) < 4.78 is 12.7. The van der Waals surface area contributed by atoms with Crippen LogP contribution in [0.3, 0.4) is 0 Å². The van der Waals surface area contributed by atoms with Gasteiger partial charge in [0, 0.05) is 39.7 Å². The third kappa shape index (κ3) is 8.42. The van der Waals surface area contributed by atoms with E-state index in [0.717, 1.165) is 62.4 Å². The van der Waals surface area contributed by atoms with Gasteiger partial charge in [0.2, 0.25) is 0 Å². The summed E-state index contributed by atoms with van der Waals surface area (Å²) >= 11 is 1.87. The summed E-state index contributed by atoms with van der Waals surface area (Å²) in [4.78, 5) is 7.17. The Morgan fingerprint density at radius 1 is 1.36 bits per heavy atom. The number of rotatable bonds is 11. The monoisotopic (exact) mass is 526 g/mol. The van der Waals surface area contributed by atoms with E-state index in [2.05, 4.69) is 26.7 Å². The van der Waals surface area contributed by atoms with Gasteiger partial charge in [-0.3, -0.25) is 0 Å². The van der Waals surface area contributed by atoms with Crippen molar-refractivity contribution >= 4 is 41.7 Å². The van der Waals surface area contributed by atoms with Crippen LogP contribution in [-0.4, -0.2) is 84.2 Å². The number of likely N-dealkylation sites (tertiary alicyclic amines) is 1. The number of halogens is 1. The molecule has 2 heterocycles. The van der Waals surface area contributed by atoms with Crippen LogP contribution in [-0.2, 0) is 23.1 Å². The van der Waals surface area contributed by atoms with Gasteiger partial charge in [-0.25, -0.2) is 4.99 Å². The number of aryl methyl sites for hydroxylation is 1. The van der Waals surface area contributed by atoms with Crippen molar-refractivity contribution in [3.63, 3.8) is 0 Å². The second-order valence-corrected chi connectivity index (χ2v) is 7.79. The van der Waals surface area contributed by atoms with Crippen LogP contribution in [0.15, 0.2) is 4.99 Å². The molecule has 10 heteroatoms. The number of nitrogens with zero attached hydrogens (tertiary/aromatic N) is 5. The van der Waals surface area contributed by atoms with Crippen LogP contribution < -0.4 is 5.32 Å². The van der Waals surface area contributed by atoms with E-state index in [1.54, 1.807) is 7.11 Å². The predicted molar refractivity (Wildman–Crippen MR) is 126 cm³/mol. The molecular formula is C18H35IN6O2S. The number of guanidine groups is 1. The quantitative estimate of drug-likeness (QED) is 0.204. The molecule has 1 N–H and O–H groups in total. The summed E-state index contributed by atoms with van der Waals surface area (Å²) in [6.07, 6.45) is 4.39. The molecule has 0 bridgehead atoms. The van der Waals surface area contributed by atoms with Crippen LogP contribution in [0.1, 0.15) is 24.5 Å². The number of thioether (sulfide) groups is 1. The molecule has 0 amide bonds. The van der Waals surface area contributed by atoms with E-state index in [1.807, 2.05) is 30.3 Å². The second-order valence-electron chi connectivity index (χ2n) is 6.80. The Morgan fingerprint density at radius 3 is 2.86 bits per heavy atom. The molecule has 8 nitrogen and oxygen atoms in total. The lowest BCUT2D eigenvalue weighted by Crippen LogP contribution is -2.41. The van der Waals surface area contributed by atoms with Gasteiger partial charge in [-0.2, -0.15) is 11.8 Å². The van der Waals surface area contributed by atoms with Gasteiger partial charge >= 0.3 is 0 Å². The highest BCUT2D eigenvalue weighted by atomic mass is 127. The minimum Gasteiger partial charge on any atom is -0.382 e. The van der Waals surface area contributed by atoms with Crippen LogP contribution in [0.2, 0.25) is 0 Å². The topological polar surface area (TPSA) is 76.8 Å². The molecule has 1 aliphatic heterocycles. The first kappa shape index (κ1) is 25.4. The molecule has 0 aliphatic carbocycles. The number of aromatic nitrogens is 3. The zero-order valence-electron chi connectivity index (χ0n) is 17.5. The molecule has 0 saturated carbocycles. The minimum absolute atomic E-state index is 0. The van der Waals surface area contributed by atoms with Crippen LogP contribution in [0.25, 0.3) is 0 Å². The van der Waals surface area contributed by atoms with Crippen molar-refractivity contribution in [3.8, 4) is 0 Å². The molecule has 0 aromatic carbocycles. The average molecular weight is 526 g/mol. The fraction of sp³-hybridized carbons (Fsp3) is 0.833. The van der Waals surface area contributed by atoms with Gasteiger partial charge < -0.3 is 24.3 Å². The smallest absolute Gasteiger partial charge is 0.194 e. The highest BCUT2D eigenvalue weighted by molar-refractivity contribution is 14.0. The SMILES string of the molecule is COCCOCC1CCN(C(=NCc2nnc(C)n2C)NCCCSC)C1.I. The van der Waals surface area contributed by atoms with E-state index < -0.39 is 0 Å². The summed E-state index contributed by atoms with van der Waals surface area (Å²) in [5.74, 6) is 4.45. The maximum atomic E-state index is 5.71. The van der Waals surface area contributed by atoms with Crippen molar-refractivity contribution < 1.29 is 9.47 Å². The van der Waals surface area contributed by atoms with Crippen molar-refractivity contribution in [1.82, 2.24) is 25.0 Å². The molecule has 0 radical (unpaired) electrons. The van der Waals surface area contributed by atoms with Gasteiger partial charge in [0.25, 0.3) is 0 Å². The van der Waals surface area contributed by atoms with Crippen molar-refractivity contribution in [2.45, 2.75) is 26.3 Å². The first-order chi connectivity index (χ1) is 13.2. The van der Waals surface area contributed by atoms with E-state index in [9.17, 15) is 0 Å². The van der Waals surface area contributed by atoms with Crippen molar-refractivity contribution in [1.29, 1.82) is 0 Å². The van der Waals surface area contributed by atoms with E-state index in [-0.39, 0.29) is 24.0 Å². The third-order valence-corrected chi connectivity index (χ3v) is 5.43. The Kier molecular flexibility index (Phi) is 13.1.